The Morgan fingerprint density at radius 3 is 2.30 bits per heavy atom. The molecule has 0 aromatic carbocycles. The van der Waals surface area contributed by atoms with Crippen LogP contribution in [0.1, 0.15) is 11.6 Å². The van der Waals surface area contributed by atoms with Crippen LogP contribution in [-0.2, 0) is 11.0 Å². The molecular formula is C5H9N3OS. The van der Waals surface area contributed by atoms with Gasteiger partial charge in [0.05, 0.1) is 0 Å². The number of aryl methyl sites for hydroxylation is 2. The van der Waals surface area contributed by atoms with E-state index in [1.165, 1.54) is 4.09 Å². The molecule has 56 valence electrons. The molecule has 0 spiro atoms. The number of hydrogen-bond donors (Lipinski definition) is 0. The highest BCUT2D eigenvalue weighted by Gasteiger charge is 2.03. The molecule has 10 heavy (non-hydrogen) atoms. The molecule has 0 saturated carbocycles. The minimum atomic E-state index is -1.08. The third kappa shape index (κ3) is 1.23. The summed E-state index contributed by atoms with van der Waals surface area (Å²) in [7, 11) is -1.08. The number of hydrogen-bond acceptors (Lipinski definition) is 3. The van der Waals surface area contributed by atoms with Gasteiger partial charge in [-0.2, -0.15) is 4.09 Å². The van der Waals surface area contributed by atoms with Gasteiger partial charge in [0.15, 0.2) is 0 Å². The summed E-state index contributed by atoms with van der Waals surface area (Å²) in [6.07, 6.45) is 1.57. The van der Waals surface area contributed by atoms with E-state index in [2.05, 4.69) is 10.1 Å². The molecule has 4 nitrogen and oxygen atoms in total. The molecule has 0 aliphatic carbocycles. The van der Waals surface area contributed by atoms with Gasteiger partial charge in [-0.1, -0.05) is 0 Å². The van der Waals surface area contributed by atoms with Crippen molar-refractivity contribution in [2.24, 2.45) is 0 Å². The number of rotatable bonds is 1. The van der Waals surface area contributed by atoms with Crippen molar-refractivity contribution in [1.82, 2.24) is 14.2 Å². The second kappa shape index (κ2) is 2.49. The molecule has 0 saturated heterocycles. The van der Waals surface area contributed by atoms with Gasteiger partial charge < -0.3 is 0 Å². The summed E-state index contributed by atoms with van der Waals surface area (Å²) in [6, 6.07) is 0. The van der Waals surface area contributed by atoms with Gasteiger partial charge in [-0.3, -0.25) is 0 Å². The molecule has 1 aromatic heterocycles. The summed E-state index contributed by atoms with van der Waals surface area (Å²) in [5.74, 6) is 1.35. The van der Waals surface area contributed by atoms with Crippen LogP contribution in [0.4, 0.5) is 0 Å². The highest BCUT2D eigenvalue weighted by atomic mass is 32.2. The van der Waals surface area contributed by atoms with Gasteiger partial charge in [-0.05, 0) is 13.8 Å². The monoisotopic (exact) mass is 159 g/mol. The fourth-order valence-electron chi connectivity index (χ4n) is 0.747. The molecule has 1 unspecified atom stereocenters. The standard InChI is InChI=1S/C5H9N3OS/c1-4-6-5(2)8(7-4)10(3)9/h1-3H3. The van der Waals surface area contributed by atoms with E-state index in [-0.39, 0.29) is 0 Å². The number of nitrogens with zero attached hydrogens (tertiary/aromatic N) is 3. The lowest BCUT2D eigenvalue weighted by molar-refractivity contribution is 0.673. The SMILES string of the molecule is Cc1nc(C)n(S(C)=O)n1. The first-order chi connectivity index (χ1) is 4.61. The van der Waals surface area contributed by atoms with Gasteiger partial charge >= 0.3 is 0 Å². The minimum absolute atomic E-state index is 0.660. The first kappa shape index (κ1) is 7.40. The fourth-order valence-corrected chi connectivity index (χ4v) is 1.39. The Kier molecular flexibility index (Phi) is 1.85. The van der Waals surface area contributed by atoms with Crippen LogP contribution in [0.3, 0.4) is 0 Å². The largest absolute Gasteiger partial charge is 0.235 e. The zero-order chi connectivity index (χ0) is 7.72. The maximum atomic E-state index is 10.9. The molecule has 0 N–H and O–H groups in total. The van der Waals surface area contributed by atoms with Crippen LogP contribution in [0.2, 0.25) is 0 Å². The first-order valence-electron chi connectivity index (χ1n) is 2.85. The Bertz CT molecular complexity index is 268. The molecule has 0 aliphatic heterocycles. The Hall–Kier alpha value is -0.710. The normalized spacial score (nSPS) is 13.5. The zero-order valence-corrected chi connectivity index (χ0v) is 6.97. The summed E-state index contributed by atoms with van der Waals surface area (Å²) in [5, 5.41) is 3.92. The van der Waals surface area contributed by atoms with Gasteiger partial charge in [0.25, 0.3) is 0 Å². The van der Waals surface area contributed by atoms with E-state index in [1.807, 2.05) is 0 Å². The smallest absolute Gasteiger partial charge is 0.149 e. The molecule has 1 rings (SSSR count). The van der Waals surface area contributed by atoms with Crippen LogP contribution >= 0.6 is 0 Å². The lowest BCUT2D eigenvalue weighted by atomic mass is 10.7. The van der Waals surface area contributed by atoms with Crippen molar-refractivity contribution >= 4 is 11.0 Å². The summed E-state index contributed by atoms with van der Waals surface area (Å²) in [5.41, 5.74) is 0. The Morgan fingerprint density at radius 1 is 1.50 bits per heavy atom. The van der Waals surface area contributed by atoms with Crippen LogP contribution in [-0.4, -0.2) is 24.6 Å². The van der Waals surface area contributed by atoms with Crippen molar-refractivity contribution in [2.45, 2.75) is 13.8 Å². The fraction of sp³-hybridized carbons (Fsp3) is 0.600. The van der Waals surface area contributed by atoms with E-state index in [0.29, 0.717) is 11.6 Å². The topological polar surface area (TPSA) is 47.8 Å². The van der Waals surface area contributed by atoms with Crippen molar-refractivity contribution in [3.05, 3.63) is 11.6 Å². The van der Waals surface area contributed by atoms with E-state index in [4.69, 9.17) is 0 Å². The van der Waals surface area contributed by atoms with Gasteiger partial charge in [-0.25, -0.2) is 9.19 Å². The lowest BCUT2D eigenvalue weighted by Crippen LogP contribution is -2.05. The molecular weight excluding hydrogens is 150 g/mol. The third-order valence-corrected chi connectivity index (χ3v) is 1.91. The summed E-state index contributed by atoms with van der Waals surface area (Å²) in [6.45, 7) is 3.55. The molecule has 1 atom stereocenters. The van der Waals surface area contributed by atoms with Crippen LogP contribution in [0.15, 0.2) is 0 Å². The maximum absolute atomic E-state index is 10.9. The van der Waals surface area contributed by atoms with E-state index in [9.17, 15) is 4.21 Å². The van der Waals surface area contributed by atoms with Crippen LogP contribution in [0.5, 0.6) is 0 Å². The summed E-state index contributed by atoms with van der Waals surface area (Å²) >= 11 is 0. The molecule has 1 aromatic rings. The molecule has 1 heterocycles. The van der Waals surface area contributed by atoms with E-state index in [0.717, 1.165) is 0 Å². The minimum Gasteiger partial charge on any atom is -0.235 e. The predicted molar refractivity (Wildman–Crippen MR) is 39.0 cm³/mol. The summed E-state index contributed by atoms with van der Waals surface area (Å²) in [4.78, 5) is 3.99. The molecule has 0 amide bonds. The van der Waals surface area contributed by atoms with Gasteiger partial charge in [0, 0.05) is 6.26 Å². The van der Waals surface area contributed by atoms with Gasteiger partial charge in [0.2, 0.25) is 0 Å². The average Bonchev–Trinajstić information content (AvgIpc) is 2.10. The molecule has 5 heteroatoms. The highest BCUT2D eigenvalue weighted by molar-refractivity contribution is 7.82. The Morgan fingerprint density at radius 2 is 2.10 bits per heavy atom. The Balaban J connectivity index is 3.15. The van der Waals surface area contributed by atoms with Crippen LogP contribution in [0, 0.1) is 13.8 Å². The highest BCUT2D eigenvalue weighted by Crippen LogP contribution is 1.95. The van der Waals surface area contributed by atoms with Crippen LogP contribution in [0.25, 0.3) is 0 Å². The van der Waals surface area contributed by atoms with Crippen molar-refractivity contribution in [2.75, 3.05) is 6.26 Å². The van der Waals surface area contributed by atoms with Crippen molar-refractivity contribution in [1.29, 1.82) is 0 Å². The van der Waals surface area contributed by atoms with Crippen molar-refractivity contribution < 1.29 is 4.21 Å². The second-order valence-corrected chi connectivity index (χ2v) is 3.20. The summed E-state index contributed by atoms with van der Waals surface area (Å²) < 4.78 is 12.2. The van der Waals surface area contributed by atoms with Crippen molar-refractivity contribution in [3.63, 3.8) is 0 Å². The average molecular weight is 159 g/mol. The molecule has 0 radical (unpaired) electrons. The lowest BCUT2D eigenvalue weighted by Gasteiger charge is -1.92. The van der Waals surface area contributed by atoms with E-state index < -0.39 is 11.0 Å². The molecule has 0 aliphatic rings. The zero-order valence-electron chi connectivity index (χ0n) is 6.16. The quantitative estimate of drug-likeness (QED) is 0.581. The first-order valence-corrected chi connectivity index (χ1v) is 4.37. The van der Waals surface area contributed by atoms with Gasteiger partial charge in [0.1, 0.15) is 22.6 Å². The second-order valence-electron chi connectivity index (χ2n) is 2.00. The third-order valence-electron chi connectivity index (χ3n) is 1.08. The van der Waals surface area contributed by atoms with E-state index in [1.54, 1.807) is 20.1 Å². The van der Waals surface area contributed by atoms with E-state index >= 15 is 0 Å². The van der Waals surface area contributed by atoms with Gasteiger partial charge in [-0.15, -0.1) is 5.10 Å². The maximum Gasteiger partial charge on any atom is 0.149 e. The number of aromatic nitrogens is 3. The molecule has 0 bridgehead atoms. The predicted octanol–water partition coefficient (Wildman–Crippen LogP) is 0.0365. The van der Waals surface area contributed by atoms with Crippen LogP contribution < -0.4 is 0 Å². The molecule has 0 fully saturated rings. The Labute approximate surface area is 61.9 Å². The van der Waals surface area contributed by atoms with Crippen molar-refractivity contribution in [3.8, 4) is 0 Å².